The average molecular weight is 380 g/mol. The van der Waals surface area contributed by atoms with Crippen molar-refractivity contribution < 1.29 is 9.72 Å². The van der Waals surface area contributed by atoms with Crippen LogP contribution in [-0.4, -0.2) is 34.9 Å². The van der Waals surface area contributed by atoms with Crippen LogP contribution in [0, 0.1) is 10.1 Å². The fraction of sp³-hybridized carbons (Fsp3) is 0.353. The molecule has 2 aromatic rings. The fourth-order valence-corrected chi connectivity index (χ4v) is 4.02. The number of rotatable bonds is 5. The molecule has 1 atom stereocenters. The summed E-state index contributed by atoms with van der Waals surface area (Å²) < 4.78 is 0. The first-order chi connectivity index (χ1) is 12.0. The van der Waals surface area contributed by atoms with Gasteiger partial charge in [0.15, 0.2) is 0 Å². The van der Waals surface area contributed by atoms with Gasteiger partial charge in [0.2, 0.25) is 0 Å². The predicted octanol–water partition coefficient (Wildman–Crippen LogP) is 3.49. The lowest BCUT2D eigenvalue weighted by Gasteiger charge is -2.32. The zero-order valence-corrected chi connectivity index (χ0v) is 15.3. The maximum absolute atomic E-state index is 12.4. The molecule has 0 aliphatic carbocycles. The molecule has 1 aliphatic heterocycles. The molecule has 8 heteroatoms. The number of hydrogen-bond acceptors (Lipinski definition) is 5. The molecule has 3 rings (SSSR count). The van der Waals surface area contributed by atoms with E-state index in [0.717, 1.165) is 19.5 Å². The Balaban J connectivity index is 1.62. The predicted molar refractivity (Wildman–Crippen MR) is 98.3 cm³/mol. The highest BCUT2D eigenvalue weighted by atomic mass is 35.5. The smallest absolute Gasteiger partial charge is 0.283 e. The van der Waals surface area contributed by atoms with Gasteiger partial charge < -0.3 is 5.32 Å². The van der Waals surface area contributed by atoms with E-state index >= 15 is 0 Å². The molecular formula is C17H18ClN3O3S. The SMILES string of the molecule is CC(CNC(=O)c1ccc(Cl)cc1[N+](=O)[O-])N1CCc2sccc2C1. The minimum absolute atomic E-state index is 0.0281. The van der Waals surface area contributed by atoms with Crippen LogP contribution in [0.15, 0.2) is 29.6 Å². The molecule has 6 nitrogen and oxygen atoms in total. The van der Waals surface area contributed by atoms with Crippen molar-refractivity contribution >= 4 is 34.5 Å². The molecule has 0 saturated carbocycles. The van der Waals surface area contributed by atoms with Crippen molar-refractivity contribution in [1.82, 2.24) is 10.2 Å². The molecule has 0 fully saturated rings. The number of nitrogens with one attached hydrogen (secondary N) is 1. The van der Waals surface area contributed by atoms with Crippen LogP contribution in [0.3, 0.4) is 0 Å². The third-order valence-electron chi connectivity index (χ3n) is 4.42. The van der Waals surface area contributed by atoms with Crippen molar-refractivity contribution in [3.05, 3.63) is 60.8 Å². The van der Waals surface area contributed by atoms with Crippen molar-refractivity contribution in [3.63, 3.8) is 0 Å². The van der Waals surface area contributed by atoms with Gasteiger partial charge in [0, 0.05) is 41.6 Å². The van der Waals surface area contributed by atoms with E-state index < -0.39 is 10.8 Å². The number of carbonyl (C=O) groups is 1. The molecule has 1 aliphatic rings. The van der Waals surface area contributed by atoms with Gasteiger partial charge in [0.1, 0.15) is 5.56 Å². The molecule has 0 bridgehead atoms. The van der Waals surface area contributed by atoms with E-state index in [2.05, 4.69) is 21.7 Å². The van der Waals surface area contributed by atoms with E-state index in [1.54, 1.807) is 11.3 Å². The summed E-state index contributed by atoms with van der Waals surface area (Å²) in [4.78, 5) is 26.6. The lowest BCUT2D eigenvalue weighted by molar-refractivity contribution is -0.385. The first kappa shape index (κ1) is 17.8. The zero-order valence-electron chi connectivity index (χ0n) is 13.7. The highest BCUT2D eigenvalue weighted by Gasteiger charge is 2.24. The standard InChI is InChI=1S/C17H18ClN3O3S/c1-11(20-6-4-16-12(10-20)5-7-25-16)9-19-17(22)14-3-2-13(18)8-15(14)21(23)24/h2-3,5,7-8,11H,4,6,9-10H2,1H3,(H,19,22). The van der Waals surface area contributed by atoms with E-state index in [9.17, 15) is 14.9 Å². The molecule has 1 N–H and O–H groups in total. The Morgan fingerprint density at radius 1 is 1.48 bits per heavy atom. The molecule has 2 heterocycles. The number of nitrogens with zero attached hydrogens (tertiary/aromatic N) is 2. The highest BCUT2D eigenvalue weighted by molar-refractivity contribution is 7.10. The summed E-state index contributed by atoms with van der Waals surface area (Å²) in [6, 6.07) is 6.36. The highest BCUT2D eigenvalue weighted by Crippen LogP contribution is 2.25. The molecule has 0 saturated heterocycles. The third kappa shape index (κ3) is 4.00. The van der Waals surface area contributed by atoms with Gasteiger partial charge in [0.05, 0.1) is 4.92 Å². The number of halogens is 1. The maximum atomic E-state index is 12.4. The third-order valence-corrected chi connectivity index (χ3v) is 5.68. The Kier molecular flexibility index (Phi) is 5.36. The number of thiophene rings is 1. The number of fused-ring (bicyclic) bond motifs is 1. The van der Waals surface area contributed by atoms with E-state index in [-0.39, 0.29) is 22.3 Å². The van der Waals surface area contributed by atoms with Crippen LogP contribution in [-0.2, 0) is 13.0 Å². The summed E-state index contributed by atoms with van der Waals surface area (Å²) in [7, 11) is 0. The fourth-order valence-electron chi connectivity index (χ4n) is 2.96. The molecule has 1 aromatic heterocycles. The normalized spacial score (nSPS) is 15.4. The van der Waals surface area contributed by atoms with Crippen molar-refractivity contribution in [2.24, 2.45) is 0 Å². The number of carbonyl (C=O) groups excluding carboxylic acids is 1. The van der Waals surface area contributed by atoms with Crippen LogP contribution in [0.1, 0.15) is 27.7 Å². The Labute approximate surface area is 154 Å². The molecule has 1 unspecified atom stereocenters. The number of amides is 1. The molecular weight excluding hydrogens is 362 g/mol. The van der Waals surface area contributed by atoms with Crippen molar-refractivity contribution in [1.29, 1.82) is 0 Å². The first-order valence-corrected chi connectivity index (χ1v) is 9.23. The van der Waals surface area contributed by atoms with Crippen LogP contribution in [0.2, 0.25) is 5.02 Å². The number of benzene rings is 1. The summed E-state index contributed by atoms with van der Waals surface area (Å²) >= 11 is 7.57. The second-order valence-corrected chi connectivity index (χ2v) is 7.50. The van der Waals surface area contributed by atoms with Gasteiger partial charge in [-0.2, -0.15) is 0 Å². The van der Waals surface area contributed by atoms with Gasteiger partial charge in [-0.3, -0.25) is 19.8 Å². The second-order valence-electron chi connectivity index (χ2n) is 6.07. The van der Waals surface area contributed by atoms with E-state index in [0.29, 0.717) is 6.54 Å². The Bertz CT molecular complexity index is 808. The Hall–Kier alpha value is -1.96. The number of hydrogen-bond donors (Lipinski definition) is 1. The lowest BCUT2D eigenvalue weighted by Crippen LogP contribution is -2.44. The maximum Gasteiger partial charge on any atom is 0.283 e. The molecule has 1 aromatic carbocycles. The zero-order chi connectivity index (χ0) is 18.0. The van der Waals surface area contributed by atoms with Crippen LogP contribution in [0.5, 0.6) is 0 Å². The van der Waals surface area contributed by atoms with Gasteiger partial charge in [-0.15, -0.1) is 11.3 Å². The van der Waals surface area contributed by atoms with Gasteiger partial charge in [-0.1, -0.05) is 11.6 Å². The van der Waals surface area contributed by atoms with Crippen LogP contribution >= 0.6 is 22.9 Å². The van der Waals surface area contributed by atoms with Gasteiger partial charge >= 0.3 is 0 Å². The number of nitro benzene ring substituents is 1. The first-order valence-electron chi connectivity index (χ1n) is 7.97. The molecule has 0 radical (unpaired) electrons. The van der Waals surface area contributed by atoms with Crippen molar-refractivity contribution in [3.8, 4) is 0 Å². The Morgan fingerprint density at radius 3 is 3.04 bits per heavy atom. The van der Waals surface area contributed by atoms with Gasteiger partial charge in [0.25, 0.3) is 11.6 Å². The number of nitro groups is 1. The summed E-state index contributed by atoms with van der Waals surface area (Å²) in [5.41, 5.74) is 1.10. The average Bonchev–Trinajstić information content (AvgIpc) is 3.06. The van der Waals surface area contributed by atoms with Crippen molar-refractivity contribution in [2.45, 2.75) is 25.9 Å². The molecule has 1 amide bonds. The minimum atomic E-state index is -0.590. The summed E-state index contributed by atoms with van der Waals surface area (Å²) in [5, 5.41) is 16.3. The van der Waals surface area contributed by atoms with E-state index in [1.165, 1.54) is 28.6 Å². The largest absolute Gasteiger partial charge is 0.350 e. The van der Waals surface area contributed by atoms with E-state index in [1.807, 2.05) is 6.92 Å². The summed E-state index contributed by atoms with van der Waals surface area (Å²) in [6.07, 6.45) is 1.02. The molecule has 132 valence electrons. The van der Waals surface area contributed by atoms with Crippen LogP contribution < -0.4 is 5.32 Å². The monoisotopic (exact) mass is 379 g/mol. The van der Waals surface area contributed by atoms with Crippen molar-refractivity contribution in [2.75, 3.05) is 13.1 Å². The minimum Gasteiger partial charge on any atom is -0.350 e. The lowest BCUT2D eigenvalue weighted by atomic mass is 10.1. The molecule has 25 heavy (non-hydrogen) atoms. The summed E-state index contributed by atoms with van der Waals surface area (Å²) in [6.45, 7) is 4.30. The van der Waals surface area contributed by atoms with Crippen LogP contribution in [0.25, 0.3) is 0 Å². The van der Waals surface area contributed by atoms with Gasteiger partial charge in [-0.05, 0) is 42.5 Å². The van der Waals surface area contributed by atoms with Gasteiger partial charge in [-0.25, -0.2) is 0 Å². The quantitative estimate of drug-likeness (QED) is 0.637. The Morgan fingerprint density at radius 2 is 2.28 bits per heavy atom. The second kappa shape index (κ2) is 7.51. The van der Waals surface area contributed by atoms with Crippen LogP contribution in [0.4, 0.5) is 5.69 Å². The molecule has 0 spiro atoms. The summed E-state index contributed by atoms with van der Waals surface area (Å²) in [5.74, 6) is -0.455. The topological polar surface area (TPSA) is 75.5 Å². The van der Waals surface area contributed by atoms with E-state index in [4.69, 9.17) is 11.6 Å².